The lowest BCUT2D eigenvalue weighted by Gasteiger charge is -2.29. The van der Waals surface area contributed by atoms with Crippen molar-refractivity contribution in [2.75, 3.05) is 4.90 Å². The second-order valence-electron chi connectivity index (χ2n) is 15.7. The molecule has 0 amide bonds. The van der Waals surface area contributed by atoms with Crippen molar-refractivity contribution < 1.29 is 0 Å². The van der Waals surface area contributed by atoms with Crippen LogP contribution in [0.25, 0.3) is 71.6 Å². The molecule has 2 heteroatoms. The molecule has 270 valence electrons. The third-order valence-corrected chi connectivity index (χ3v) is 12.2. The minimum Gasteiger partial charge on any atom is -0.310 e. The summed E-state index contributed by atoms with van der Waals surface area (Å²) in [7, 11) is 0. The predicted octanol–water partition coefficient (Wildman–Crippen LogP) is 15.0. The lowest BCUT2D eigenvalue weighted by atomic mass is 9.82. The fourth-order valence-corrected chi connectivity index (χ4v) is 9.56. The summed E-state index contributed by atoms with van der Waals surface area (Å²) in [6.45, 7) is 4.72. The lowest BCUT2D eigenvalue weighted by Crippen LogP contribution is -2.15. The standard InChI is InChI=1S/C55H40N2/c1-55(2)49-30-9-5-27-48(49)54-47(29-16-31-50(54)55)46-26-8-10-32-51(46)56(39-20-13-19-38(35-39)43-28-14-18-37-17-3-4-23-42(37)43)40-21-15-22-41(36-40)57-52-33-11-6-24-44(52)45-25-7-12-34-53(45)57/h3-36H,1-2H3. The zero-order valence-electron chi connectivity index (χ0n) is 32.0. The van der Waals surface area contributed by atoms with E-state index >= 15 is 0 Å². The molecule has 11 rings (SSSR count). The quantitative estimate of drug-likeness (QED) is 0.165. The second kappa shape index (κ2) is 13.0. The van der Waals surface area contributed by atoms with E-state index in [0.29, 0.717) is 0 Å². The zero-order valence-corrected chi connectivity index (χ0v) is 32.0. The monoisotopic (exact) mass is 728 g/mol. The van der Waals surface area contributed by atoms with Crippen LogP contribution in [-0.4, -0.2) is 4.57 Å². The van der Waals surface area contributed by atoms with E-state index in [9.17, 15) is 0 Å². The van der Waals surface area contributed by atoms with E-state index in [1.54, 1.807) is 0 Å². The highest BCUT2D eigenvalue weighted by molar-refractivity contribution is 6.09. The predicted molar refractivity (Wildman–Crippen MR) is 241 cm³/mol. The fraction of sp³-hybridized carbons (Fsp3) is 0.0545. The Bertz CT molecular complexity index is 3120. The Morgan fingerprint density at radius 1 is 0.404 bits per heavy atom. The summed E-state index contributed by atoms with van der Waals surface area (Å²) in [4.78, 5) is 2.47. The molecule has 0 atom stereocenters. The summed E-state index contributed by atoms with van der Waals surface area (Å²) in [5.74, 6) is 0. The largest absolute Gasteiger partial charge is 0.310 e. The molecule has 0 saturated heterocycles. The molecule has 0 spiro atoms. The Morgan fingerprint density at radius 3 is 1.75 bits per heavy atom. The van der Waals surface area contributed by atoms with Gasteiger partial charge < -0.3 is 9.47 Å². The average Bonchev–Trinajstić information content (AvgIpc) is 3.73. The summed E-state index contributed by atoms with van der Waals surface area (Å²) in [5, 5.41) is 5.00. The van der Waals surface area contributed by atoms with Gasteiger partial charge in [0.15, 0.2) is 0 Å². The Morgan fingerprint density at radius 2 is 0.947 bits per heavy atom. The number of hydrogen-bond donors (Lipinski definition) is 0. The summed E-state index contributed by atoms with van der Waals surface area (Å²) in [6, 6.07) is 75.7. The van der Waals surface area contributed by atoms with Gasteiger partial charge in [0.05, 0.1) is 16.7 Å². The van der Waals surface area contributed by atoms with Gasteiger partial charge in [-0.3, -0.25) is 0 Å². The van der Waals surface area contributed by atoms with Crippen molar-refractivity contribution in [2.45, 2.75) is 19.3 Å². The van der Waals surface area contributed by atoms with Crippen LogP contribution in [0.15, 0.2) is 206 Å². The number of rotatable bonds is 6. The molecule has 9 aromatic carbocycles. The Kier molecular flexibility index (Phi) is 7.55. The van der Waals surface area contributed by atoms with Gasteiger partial charge in [0.2, 0.25) is 0 Å². The Balaban J connectivity index is 1.16. The van der Waals surface area contributed by atoms with E-state index in [4.69, 9.17) is 0 Å². The number of hydrogen-bond acceptors (Lipinski definition) is 1. The van der Waals surface area contributed by atoms with Crippen LogP contribution < -0.4 is 4.90 Å². The normalized spacial score (nSPS) is 12.9. The number of para-hydroxylation sites is 3. The van der Waals surface area contributed by atoms with Gasteiger partial charge in [-0.05, 0) is 98.2 Å². The third kappa shape index (κ3) is 5.18. The second-order valence-corrected chi connectivity index (χ2v) is 15.7. The first-order valence-corrected chi connectivity index (χ1v) is 19.9. The van der Waals surface area contributed by atoms with Gasteiger partial charge >= 0.3 is 0 Å². The van der Waals surface area contributed by atoms with E-state index in [-0.39, 0.29) is 5.41 Å². The molecule has 0 bridgehead atoms. The maximum Gasteiger partial charge on any atom is 0.0541 e. The molecule has 0 radical (unpaired) electrons. The van der Waals surface area contributed by atoms with Crippen molar-refractivity contribution in [3.05, 3.63) is 217 Å². The van der Waals surface area contributed by atoms with Gasteiger partial charge in [0.25, 0.3) is 0 Å². The first-order valence-electron chi connectivity index (χ1n) is 19.9. The van der Waals surface area contributed by atoms with Crippen LogP contribution in [0.4, 0.5) is 17.1 Å². The minimum absolute atomic E-state index is 0.0972. The van der Waals surface area contributed by atoms with Crippen LogP contribution in [0, 0.1) is 0 Å². The molecule has 1 aliphatic rings. The van der Waals surface area contributed by atoms with Crippen LogP contribution >= 0.6 is 0 Å². The summed E-state index contributed by atoms with van der Waals surface area (Å²) in [6.07, 6.45) is 0. The van der Waals surface area contributed by atoms with Gasteiger partial charge in [-0.1, -0.05) is 172 Å². The van der Waals surface area contributed by atoms with Crippen molar-refractivity contribution >= 4 is 49.6 Å². The molecule has 57 heavy (non-hydrogen) atoms. The molecule has 2 nitrogen and oxygen atoms in total. The number of aromatic nitrogens is 1. The van der Waals surface area contributed by atoms with Crippen molar-refractivity contribution in [2.24, 2.45) is 0 Å². The highest BCUT2D eigenvalue weighted by atomic mass is 15.1. The minimum atomic E-state index is -0.0972. The van der Waals surface area contributed by atoms with Crippen LogP contribution in [0.5, 0.6) is 0 Å². The number of benzene rings is 9. The van der Waals surface area contributed by atoms with Crippen molar-refractivity contribution in [3.8, 4) is 39.1 Å². The first kappa shape index (κ1) is 33.2. The van der Waals surface area contributed by atoms with E-state index in [0.717, 1.165) is 22.7 Å². The number of fused-ring (bicyclic) bond motifs is 7. The molecule has 1 heterocycles. The molecule has 0 unspecified atom stereocenters. The lowest BCUT2D eigenvalue weighted by molar-refractivity contribution is 0.660. The molecular formula is C55H40N2. The molecule has 0 N–H and O–H groups in total. The highest BCUT2D eigenvalue weighted by Gasteiger charge is 2.37. The highest BCUT2D eigenvalue weighted by Crippen LogP contribution is 2.54. The Hall–Kier alpha value is -7.16. The van der Waals surface area contributed by atoms with Crippen LogP contribution in [0.1, 0.15) is 25.0 Å². The molecule has 0 aliphatic heterocycles. The topological polar surface area (TPSA) is 8.17 Å². The van der Waals surface area contributed by atoms with Crippen molar-refractivity contribution in [3.63, 3.8) is 0 Å². The van der Waals surface area contributed by atoms with E-state index in [1.807, 2.05) is 0 Å². The maximum atomic E-state index is 2.47. The van der Waals surface area contributed by atoms with Gasteiger partial charge in [-0.25, -0.2) is 0 Å². The van der Waals surface area contributed by atoms with Crippen molar-refractivity contribution in [1.29, 1.82) is 0 Å². The number of anilines is 3. The van der Waals surface area contributed by atoms with E-state index < -0.39 is 0 Å². The van der Waals surface area contributed by atoms with E-state index in [1.165, 1.54) is 77.1 Å². The summed E-state index contributed by atoms with van der Waals surface area (Å²) >= 11 is 0. The third-order valence-electron chi connectivity index (χ3n) is 12.2. The van der Waals surface area contributed by atoms with Gasteiger partial charge in [-0.2, -0.15) is 0 Å². The van der Waals surface area contributed by atoms with Crippen LogP contribution in [0.2, 0.25) is 0 Å². The molecule has 0 saturated carbocycles. The van der Waals surface area contributed by atoms with Crippen LogP contribution in [-0.2, 0) is 5.41 Å². The van der Waals surface area contributed by atoms with Gasteiger partial charge in [-0.15, -0.1) is 0 Å². The van der Waals surface area contributed by atoms with Crippen LogP contribution in [0.3, 0.4) is 0 Å². The average molecular weight is 729 g/mol. The maximum absolute atomic E-state index is 2.47. The van der Waals surface area contributed by atoms with Crippen molar-refractivity contribution in [1.82, 2.24) is 4.57 Å². The first-order chi connectivity index (χ1) is 28.1. The molecular weight excluding hydrogens is 689 g/mol. The van der Waals surface area contributed by atoms with Gasteiger partial charge in [0, 0.05) is 38.8 Å². The fourth-order valence-electron chi connectivity index (χ4n) is 9.56. The molecule has 1 aliphatic carbocycles. The summed E-state index contributed by atoms with van der Waals surface area (Å²) < 4.78 is 2.41. The zero-order chi connectivity index (χ0) is 38.1. The summed E-state index contributed by atoms with van der Waals surface area (Å²) in [5.41, 5.74) is 17.0. The smallest absolute Gasteiger partial charge is 0.0541 e. The molecule has 0 fully saturated rings. The SMILES string of the molecule is CC1(C)c2ccccc2-c2c(-c3ccccc3N(c3cccc(-c4cccc5ccccc45)c3)c3cccc(-n4c5ccccc5c5ccccc54)c3)cccc21. The van der Waals surface area contributed by atoms with E-state index in [2.05, 4.69) is 230 Å². The molecule has 10 aromatic rings. The molecule has 1 aromatic heterocycles. The number of nitrogens with zero attached hydrogens (tertiary/aromatic N) is 2. The van der Waals surface area contributed by atoms with Gasteiger partial charge in [0.1, 0.15) is 0 Å². The Labute approximate surface area is 333 Å².